The zero-order valence-electron chi connectivity index (χ0n) is 14.0. The molecule has 0 radical (unpaired) electrons. The number of likely N-dealkylation sites (N-methyl/N-ethyl adjacent to an activating group) is 1. The molecule has 0 fully saturated rings. The van der Waals surface area contributed by atoms with E-state index in [1.807, 2.05) is 55.6 Å². The Kier molecular flexibility index (Phi) is 5.36. The molecule has 0 atom stereocenters. The molecule has 0 bridgehead atoms. The summed E-state index contributed by atoms with van der Waals surface area (Å²) in [6, 6.07) is 10.3. The van der Waals surface area contributed by atoms with Gasteiger partial charge < -0.3 is 4.90 Å². The van der Waals surface area contributed by atoms with E-state index in [0.29, 0.717) is 6.42 Å². The van der Waals surface area contributed by atoms with Crippen LogP contribution in [-0.4, -0.2) is 33.7 Å². The fourth-order valence-corrected chi connectivity index (χ4v) is 2.70. The molecule has 0 unspecified atom stereocenters. The van der Waals surface area contributed by atoms with Crippen LogP contribution in [0.25, 0.3) is 0 Å². The Labute approximate surface area is 132 Å². The first-order chi connectivity index (χ1) is 10.5. The van der Waals surface area contributed by atoms with Crippen molar-refractivity contribution in [3.05, 3.63) is 52.8 Å². The van der Waals surface area contributed by atoms with Crippen molar-refractivity contribution in [3.8, 4) is 0 Å². The molecule has 1 amide bonds. The smallest absolute Gasteiger partial charge is 0.227 e. The monoisotopic (exact) mass is 299 g/mol. The number of nitrogens with zero attached hydrogens (tertiary/aromatic N) is 3. The Morgan fingerprint density at radius 1 is 1.23 bits per heavy atom. The van der Waals surface area contributed by atoms with Gasteiger partial charge in [-0.25, -0.2) is 0 Å². The molecule has 1 heterocycles. The van der Waals surface area contributed by atoms with Gasteiger partial charge in [0.15, 0.2) is 0 Å². The van der Waals surface area contributed by atoms with E-state index in [1.54, 1.807) is 0 Å². The van der Waals surface area contributed by atoms with Crippen LogP contribution in [0.1, 0.15) is 29.4 Å². The molecule has 0 spiro atoms. The first kappa shape index (κ1) is 16.3. The van der Waals surface area contributed by atoms with Crippen molar-refractivity contribution in [3.63, 3.8) is 0 Å². The molecule has 4 nitrogen and oxygen atoms in total. The average molecular weight is 299 g/mol. The van der Waals surface area contributed by atoms with Crippen LogP contribution in [0.15, 0.2) is 30.3 Å². The van der Waals surface area contributed by atoms with E-state index in [1.165, 1.54) is 5.56 Å². The van der Waals surface area contributed by atoms with Crippen LogP contribution in [0.4, 0.5) is 0 Å². The van der Waals surface area contributed by atoms with Crippen LogP contribution in [0.2, 0.25) is 0 Å². The van der Waals surface area contributed by atoms with Gasteiger partial charge in [0, 0.05) is 31.4 Å². The zero-order valence-corrected chi connectivity index (χ0v) is 14.0. The van der Waals surface area contributed by atoms with E-state index in [9.17, 15) is 4.79 Å². The lowest BCUT2D eigenvalue weighted by Crippen LogP contribution is -2.34. The molecule has 0 aliphatic carbocycles. The van der Waals surface area contributed by atoms with E-state index in [4.69, 9.17) is 0 Å². The first-order valence-corrected chi connectivity index (χ1v) is 7.83. The highest BCUT2D eigenvalue weighted by molar-refractivity contribution is 5.79. The van der Waals surface area contributed by atoms with Crippen molar-refractivity contribution in [2.75, 3.05) is 13.1 Å². The lowest BCUT2D eigenvalue weighted by atomic mass is 10.1. The van der Waals surface area contributed by atoms with Crippen molar-refractivity contribution in [1.82, 2.24) is 14.7 Å². The largest absolute Gasteiger partial charge is 0.342 e. The second kappa shape index (κ2) is 7.25. The molecule has 0 saturated heterocycles. The predicted molar refractivity (Wildman–Crippen MR) is 88.8 cm³/mol. The van der Waals surface area contributed by atoms with Crippen molar-refractivity contribution in [2.24, 2.45) is 7.05 Å². The number of carbonyl (C=O) groups is 1. The second-order valence-electron chi connectivity index (χ2n) is 5.66. The first-order valence-electron chi connectivity index (χ1n) is 7.83. The Morgan fingerprint density at radius 2 is 1.91 bits per heavy atom. The van der Waals surface area contributed by atoms with Gasteiger partial charge in [0.05, 0.1) is 12.1 Å². The van der Waals surface area contributed by atoms with E-state index in [0.717, 1.165) is 36.5 Å². The molecule has 2 rings (SSSR count). The second-order valence-corrected chi connectivity index (χ2v) is 5.66. The van der Waals surface area contributed by atoms with Crippen molar-refractivity contribution in [2.45, 2.75) is 33.6 Å². The van der Waals surface area contributed by atoms with Crippen LogP contribution in [-0.2, 0) is 24.7 Å². The topological polar surface area (TPSA) is 38.1 Å². The van der Waals surface area contributed by atoms with Gasteiger partial charge in [-0.3, -0.25) is 9.48 Å². The van der Waals surface area contributed by atoms with E-state index < -0.39 is 0 Å². The number of aromatic nitrogens is 2. The molecule has 0 aliphatic heterocycles. The number of carbonyl (C=O) groups excluding carboxylic acids is 1. The average Bonchev–Trinajstić information content (AvgIpc) is 2.75. The molecule has 2 aromatic rings. The maximum absolute atomic E-state index is 12.6. The fourth-order valence-electron chi connectivity index (χ4n) is 2.70. The lowest BCUT2D eigenvalue weighted by molar-refractivity contribution is -0.130. The number of hydrogen-bond donors (Lipinski definition) is 0. The van der Waals surface area contributed by atoms with Crippen LogP contribution in [0, 0.1) is 13.8 Å². The van der Waals surface area contributed by atoms with E-state index in [-0.39, 0.29) is 5.91 Å². The summed E-state index contributed by atoms with van der Waals surface area (Å²) in [6.45, 7) is 7.52. The van der Waals surface area contributed by atoms with Gasteiger partial charge in [0.2, 0.25) is 5.91 Å². The number of aryl methyl sites for hydroxylation is 2. The third-order valence-corrected chi connectivity index (χ3v) is 4.23. The molecule has 22 heavy (non-hydrogen) atoms. The molecule has 1 aromatic heterocycles. The highest BCUT2D eigenvalue weighted by atomic mass is 16.2. The van der Waals surface area contributed by atoms with Crippen molar-refractivity contribution >= 4 is 5.91 Å². The number of amides is 1. The quantitative estimate of drug-likeness (QED) is 0.822. The molecule has 118 valence electrons. The minimum absolute atomic E-state index is 0.178. The highest BCUT2D eigenvalue weighted by Gasteiger charge is 2.17. The summed E-state index contributed by atoms with van der Waals surface area (Å²) in [6.07, 6.45) is 1.33. The lowest BCUT2D eigenvalue weighted by Gasteiger charge is -2.21. The summed E-state index contributed by atoms with van der Waals surface area (Å²) in [7, 11) is 1.92. The fraction of sp³-hybridized carbons (Fsp3) is 0.444. The van der Waals surface area contributed by atoms with Crippen molar-refractivity contribution in [1.29, 1.82) is 0 Å². The number of benzene rings is 1. The van der Waals surface area contributed by atoms with Gasteiger partial charge in [0.25, 0.3) is 0 Å². The van der Waals surface area contributed by atoms with Crippen LogP contribution in [0.3, 0.4) is 0 Å². The molecular formula is C18H25N3O. The Morgan fingerprint density at radius 3 is 2.45 bits per heavy atom. The third kappa shape index (κ3) is 3.75. The van der Waals surface area contributed by atoms with Crippen LogP contribution < -0.4 is 0 Å². The van der Waals surface area contributed by atoms with Gasteiger partial charge in [0.1, 0.15) is 0 Å². The maximum Gasteiger partial charge on any atom is 0.227 e. The molecule has 1 aromatic carbocycles. The summed E-state index contributed by atoms with van der Waals surface area (Å²) < 4.78 is 1.85. The summed E-state index contributed by atoms with van der Waals surface area (Å²) in [5.41, 5.74) is 4.35. The highest BCUT2D eigenvalue weighted by Crippen LogP contribution is 2.14. The van der Waals surface area contributed by atoms with Gasteiger partial charge in [-0.2, -0.15) is 5.10 Å². The summed E-state index contributed by atoms with van der Waals surface area (Å²) in [5, 5.41) is 4.39. The standard InChI is InChI=1S/C18H25N3O/c1-5-21(12-11-16-9-7-6-8-10-16)18(22)13-17-14(2)19-20(4)15(17)3/h6-10H,5,11-13H2,1-4H3. The van der Waals surface area contributed by atoms with Crippen LogP contribution in [0.5, 0.6) is 0 Å². The Balaban J connectivity index is 2.00. The predicted octanol–water partition coefficient (Wildman–Crippen LogP) is 2.67. The summed E-state index contributed by atoms with van der Waals surface area (Å²) >= 11 is 0. The number of rotatable bonds is 6. The number of hydrogen-bond acceptors (Lipinski definition) is 2. The van der Waals surface area contributed by atoms with Crippen molar-refractivity contribution < 1.29 is 4.79 Å². The van der Waals surface area contributed by atoms with Gasteiger partial charge >= 0.3 is 0 Å². The summed E-state index contributed by atoms with van der Waals surface area (Å²) in [4.78, 5) is 14.5. The molecule has 0 N–H and O–H groups in total. The van der Waals surface area contributed by atoms with E-state index in [2.05, 4.69) is 17.2 Å². The Bertz CT molecular complexity index is 631. The molecular weight excluding hydrogens is 274 g/mol. The van der Waals surface area contributed by atoms with Gasteiger partial charge in [-0.05, 0) is 32.8 Å². The molecule has 0 aliphatic rings. The van der Waals surface area contributed by atoms with E-state index >= 15 is 0 Å². The molecule has 0 saturated carbocycles. The minimum atomic E-state index is 0.178. The third-order valence-electron chi connectivity index (χ3n) is 4.23. The maximum atomic E-state index is 12.6. The zero-order chi connectivity index (χ0) is 16.1. The minimum Gasteiger partial charge on any atom is -0.342 e. The summed E-state index contributed by atoms with van der Waals surface area (Å²) in [5.74, 6) is 0.178. The SMILES string of the molecule is CCN(CCc1ccccc1)C(=O)Cc1c(C)nn(C)c1C. The van der Waals surface area contributed by atoms with Gasteiger partial charge in [-0.15, -0.1) is 0 Å². The van der Waals surface area contributed by atoms with Gasteiger partial charge in [-0.1, -0.05) is 30.3 Å². The van der Waals surface area contributed by atoms with Crippen LogP contribution >= 0.6 is 0 Å². The Hall–Kier alpha value is -2.10. The normalized spacial score (nSPS) is 10.7. The molecule has 4 heteroatoms.